The summed E-state index contributed by atoms with van der Waals surface area (Å²) in [5.74, 6) is -1.61. The van der Waals surface area contributed by atoms with Crippen LogP contribution in [0.3, 0.4) is 0 Å². The minimum Gasteiger partial charge on any atom is -0.458 e. The topological polar surface area (TPSA) is 93.2 Å². The fraction of sp³-hybridized carbons (Fsp3) is 0.714. The quantitative estimate of drug-likeness (QED) is 0.557. The molecule has 1 atom stereocenters. The van der Waals surface area contributed by atoms with Gasteiger partial charge in [0.25, 0.3) is 11.8 Å². The highest BCUT2D eigenvalue weighted by Crippen LogP contribution is 2.23. The van der Waals surface area contributed by atoms with Gasteiger partial charge in [0.05, 0.1) is 0 Å². The lowest BCUT2D eigenvalue weighted by atomic mass is 10.1. The minimum absolute atomic E-state index is 0.0294. The second-order valence-electron chi connectivity index (χ2n) is 6.32. The monoisotopic (exact) mass is 312 g/mol. The van der Waals surface area contributed by atoms with Crippen molar-refractivity contribution in [1.82, 2.24) is 9.96 Å². The molecule has 0 aromatic heterocycles. The van der Waals surface area contributed by atoms with Crippen LogP contribution in [0.25, 0.3) is 0 Å². The van der Waals surface area contributed by atoms with Crippen LogP contribution >= 0.6 is 0 Å². The van der Waals surface area contributed by atoms with E-state index in [1.165, 1.54) is 4.90 Å². The molecule has 2 fully saturated rings. The molecular formula is C14H20N2O6. The summed E-state index contributed by atoms with van der Waals surface area (Å²) in [7, 11) is 0. The largest absolute Gasteiger partial charge is 0.458 e. The van der Waals surface area contributed by atoms with Crippen molar-refractivity contribution >= 4 is 23.9 Å². The highest BCUT2D eigenvalue weighted by molar-refractivity contribution is 6.01. The third-order valence-corrected chi connectivity index (χ3v) is 3.34. The van der Waals surface area contributed by atoms with Crippen molar-refractivity contribution in [3.05, 3.63) is 0 Å². The molecule has 0 aliphatic carbocycles. The molecule has 2 rings (SSSR count). The van der Waals surface area contributed by atoms with Crippen LogP contribution < -0.4 is 0 Å². The predicted octanol–water partition coefficient (Wildman–Crippen LogP) is 0.993. The SMILES string of the molecule is CC(C)(C)OC(=O)C1CCCN1C(=O)ON1C(=O)CCC1=O. The van der Waals surface area contributed by atoms with E-state index in [1.807, 2.05) is 0 Å². The lowest BCUT2D eigenvalue weighted by Gasteiger charge is -2.27. The van der Waals surface area contributed by atoms with E-state index >= 15 is 0 Å². The molecule has 0 aromatic carbocycles. The van der Waals surface area contributed by atoms with Gasteiger partial charge < -0.3 is 9.57 Å². The van der Waals surface area contributed by atoms with Gasteiger partial charge in [-0.1, -0.05) is 0 Å². The van der Waals surface area contributed by atoms with Gasteiger partial charge in [0, 0.05) is 19.4 Å². The molecule has 0 saturated carbocycles. The molecule has 2 saturated heterocycles. The normalized spacial score (nSPS) is 22.2. The Balaban J connectivity index is 2.00. The fourth-order valence-corrected chi connectivity index (χ4v) is 2.39. The lowest BCUT2D eigenvalue weighted by molar-refractivity contribution is -0.175. The van der Waals surface area contributed by atoms with Gasteiger partial charge in [0.2, 0.25) is 0 Å². The van der Waals surface area contributed by atoms with Crippen LogP contribution in [-0.4, -0.2) is 52.0 Å². The van der Waals surface area contributed by atoms with Crippen molar-refractivity contribution in [2.75, 3.05) is 6.54 Å². The Morgan fingerprint density at radius 3 is 2.27 bits per heavy atom. The first-order valence-corrected chi connectivity index (χ1v) is 7.26. The Morgan fingerprint density at radius 1 is 1.14 bits per heavy atom. The number of carbonyl (C=O) groups excluding carboxylic acids is 4. The number of nitrogens with zero attached hydrogens (tertiary/aromatic N) is 2. The lowest BCUT2D eigenvalue weighted by Crippen LogP contribution is -2.46. The van der Waals surface area contributed by atoms with Crippen molar-refractivity contribution < 1.29 is 28.8 Å². The molecule has 0 radical (unpaired) electrons. The van der Waals surface area contributed by atoms with Gasteiger partial charge in [-0.2, -0.15) is 0 Å². The van der Waals surface area contributed by atoms with Gasteiger partial charge >= 0.3 is 12.1 Å². The zero-order chi connectivity index (χ0) is 16.5. The zero-order valence-corrected chi connectivity index (χ0v) is 13.0. The zero-order valence-electron chi connectivity index (χ0n) is 13.0. The maximum Gasteiger partial charge on any atom is 0.435 e. The molecule has 22 heavy (non-hydrogen) atoms. The number of ether oxygens (including phenoxy) is 1. The van der Waals surface area contributed by atoms with E-state index in [2.05, 4.69) is 0 Å². The van der Waals surface area contributed by atoms with Crippen molar-refractivity contribution in [3.8, 4) is 0 Å². The van der Waals surface area contributed by atoms with Crippen molar-refractivity contribution in [3.63, 3.8) is 0 Å². The number of esters is 1. The van der Waals surface area contributed by atoms with Crippen LogP contribution in [0.5, 0.6) is 0 Å². The molecule has 122 valence electrons. The van der Waals surface area contributed by atoms with E-state index in [0.29, 0.717) is 24.4 Å². The number of hydrogen-bond acceptors (Lipinski definition) is 6. The molecule has 1 unspecified atom stereocenters. The summed E-state index contributed by atoms with van der Waals surface area (Å²) in [6.45, 7) is 5.54. The van der Waals surface area contributed by atoms with E-state index in [1.54, 1.807) is 20.8 Å². The van der Waals surface area contributed by atoms with Crippen molar-refractivity contribution in [1.29, 1.82) is 0 Å². The average molecular weight is 312 g/mol. The summed E-state index contributed by atoms with van der Waals surface area (Å²) in [5, 5.41) is 0.479. The first-order chi connectivity index (χ1) is 10.2. The Kier molecular flexibility index (Phi) is 4.39. The van der Waals surface area contributed by atoms with Gasteiger partial charge in [-0.05, 0) is 33.6 Å². The van der Waals surface area contributed by atoms with Crippen LogP contribution in [0, 0.1) is 0 Å². The average Bonchev–Trinajstić information content (AvgIpc) is 2.98. The number of amides is 3. The summed E-state index contributed by atoms with van der Waals surface area (Å²) in [6, 6.07) is -0.750. The Morgan fingerprint density at radius 2 is 1.73 bits per heavy atom. The Hall–Kier alpha value is -2.12. The molecule has 8 nitrogen and oxygen atoms in total. The van der Waals surface area contributed by atoms with Crippen LogP contribution in [0.4, 0.5) is 4.79 Å². The summed E-state index contributed by atoms with van der Waals surface area (Å²) < 4.78 is 5.28. The molecular weight excluding hydrogens is 292 g/mol. The summed E-state index contributed by atoms with van der Waals surface area (Å²) in [6.07, 6.45) is 0.271. The van der Waals surface area contributed by atoms with Crippen LogP contribution in [0.2, 0.25) is 0 Å². The van der Waals surface area contributed by atoms with E-state index < -0.39 is 35.5 Å². The molecule has 3 amide bonds. The van der Waals surface area contributed by atoms with E-state index in [-0.39, 0.29) is 12.8 Å². The number of hydrogen-bond donors (Lipinski definition) is 0. The van der Waals surface area contributed by atoms with Gasteiger partial charge in [-0.3, -0.25) is 14.5 Å². The number of carbonyl (C=O) groups is 4. The molecule has 2 heterocycles. The third kappa shape index (κ3) is 3.55. The van der Waals surface area contributed by atoms with Crippen LogP contribution in [0.1, 0.15) is 46.5 Å². The van der Waals surface area contributed by atoms with Crippen LogP contribution in [-0.2, 0) is 24.0 Å². The number of imide groups is 1. The summed E-state index contributed by atoms with van der Waals surface area (Å²) >= 11 is 0. The third-order valence-electron chi connectivity index (χ3n) is 3.34. The highest BCUT2D eigenvalue weighted by Gasteiger charge is 2.41. The molecule has 0 aromatic rings. The smallest absolute Gasteiger partial charge is 0.435 e. The van der Waals surface area contributed by atoms with Crippen molar-refractivity contribution in [2.24, 2.45) is 0 Å². The second-order valence-corrected chi connectivity index (χ2v) is 6.32. The molecule has 0 spiro atoms. The highest BCUT2D eigenvalue weighted by atomic mass is 16.7. The standard InChI is InChI=1S/C14H20N2O6/c1-14(2,3)21-12(19)9-5-4-8-15(9)13(20)22-16-10(17)6-7-11(16)18/h9H,4-8H2,1-3H3. The van der Waals surface area contributed by atoms with Gasteiger partial charge in [0.15, 0.2) is 0 Å². The van der Waals surface area contributed by atoms with Gasteiger partial charge in [-0.25, -0.2) is 9.59 Å². The van der Waals surface area contributed by atoms with Gasteiger partial charge in [0.1, 0.15) is 11.6 Å². The summed E-state index contributed by atoms with van der Waals surface area (Å²) in [4.78, 5) is 53.2. The Labute approximate surface area is 128 Å². The minimum atomic E-state index is -0.878. The van der Waals surface area contributed by atoms with Gasteiger partial charge in [-0.15, -0.1) is 5.06 Å². The van der Waals surface area contributed by atoms with E-state index in [0.717, 1.165) is 0 Å². The molecule has 8 heteroatoms. The maximum absolute atomic E-state index is 12.1. The number of hydroxylamine groups is 2. The van der Waals surface area contributed by atoms with Crippen LogP contribution in [0.15, 0.2) is 0 Å². The number of likely N-dealkylation sites (tertiary alicyclic amines) is 1. The molecule has 2 aliphatic rings. The second kappa shape index (κ2) is 5.94. The summed E-state index contributed by atoms with van der Waals surface area (Å²) in [5.41, 5.74) is -0.657. The Bertz CT molecular complexity index is 494. The first kappa shape index (κ1) is 16.3. The molecule has 0 bridgehead atoms. The van der Waals surface area contributed by atoms with E-state index in [4.69, 9.17) is 9.57 Å². The number of rotatable bonds is 2. The maximum atomic E-state index is 12.1. The fourth-order valence-electron chi connectivity index (χ4n) is 2.39. The molecule has 2 aliphatic heterocycles. The van der Waals surface area contributed by atoms with E-state index in [9.17, 15) is 19.2 Å². The first-order valence-electron chi connectivity index (χ1n) is 7.26. The molecule has 0 N–H and O–H groups in total. The van der Waals surface area contributed by atoms with Crippen molar-refractivity contribution in [2.45, 2.75) is 58.1 Å². The predicted molar refractivity (Wildman–Crippen MR) is 73.1 cm³/mol.